The van der Waals surface area contributed by atoms with Gasteiger partial charge in [-0.1, -0.05) is 29.8 Å². The fraction of sp³-hybridized carbons (Fsp3) is 0.500. The van der Waals surface area contributed by atoms with Crippen LogP contribution in [0.2, 0.25) is 0 Å². The van der Waals surface area contributed by atoms with Gasteiger partial charge in [0, 0.05) is 23.2 Å². The number of halogens is 1. The van der Waals surface area contributed by atoms with E-state index in [0.717, 1.165) is 22.1 Å². The highest BCUT2D eigenvalue weighted by Gasteiger charge is 2.28. The Bertz CT molecular complexity index is 575. The molecule has 1 aliphatic rings. The molecule has 0 bridgehead atoms. The van der Waals surface area contributed by atoms with Crippen molar-refractivity contribution in [3.8, 4) is 0 Å². The van der Waals surface area contributed by atoms with Crippen molar-refractivity contribution in [2.45, 2.75) is 32.6 Å². The molecule has 0 aliphatic carbocycles. The van der Waals surface area contributed by atoms with E-state index in [2.05, 4.69) is 35.1 Å². The average Bonchev–Trinajstić information content (AvgIpc) is 2.48. The Morgan fingerprint density at radius 1 is 1.41 bits per heavy atom. The second-order valence-corrected chi connectivity index (χ2v) is 6.86. The van der Waals surface area contributed by atoms with Crippen LogP contribution in [-0.4, -0.2) is 35.1 Å². The zero-order valence-corrected chi connectivity index (χ0v) is 14.4. The Labute approximate surface area is 138 Å². The lowest BCUT2D eigenvalue weighted by Gasteiger charge is -2.31. The number of hydrogen-bond donors (Lipinski definition) is 2. The largest absolute Gasteiger partial charge is 0.481 e. The van der Waals surface area contributed by atoms with Crippen molar-refractivity contribution in [1.29, 1.82) is 0 Å². The first kappa shape index (κ1) is 16.8. The molecule has 0 spiro atoms. The zero-order valence-electron chi connectivity index (χ0n) is 12.8. The molecule has 1 unspecified atom stereocenters. The Morgan fingerprint density at radius 2 is 2.14 bits per heavy atom. The van der Waals surface area contributed by atoms with E-state index in [1.807, 2.05) is 18.2 Å². The number of anilines is 1. The SMILES string of the molecule is CC(C)c1cc(Br)ccc1NC(=O)N1CCCC(C(=O)O)C1. The number of urea groups is 1. The van der Waals surface area contributed by atoms with Crippen molar-refractivity contribution in [2.24, 2.45) is 5.92 Å². The summed E-state index contributed by atoms with van der Waals surface area (Å²) in [6.45, 7) is 5.01. The summed E-state index contributed by atoms with van der Waals surface area (Å²) >= 11 is 3.44. The lowest BCUT2D eigenvalue weighted by Crippen LogP contribution is -2.44. The molecule has 5 nitrogen and oxygen atoms in total. The summed E-state index contributed by atoms with van der Waals surface area (Å²) in [7, 11) is 0. The molecule has 1 fully saturated rings. The number of nitrogens with one attached hydrogen (secondary N) is 1. The summed E-state index contributed by atoms with van der Waals surface area (Å²) in [6, 6.07) is 5.53. The number of piperidine rings is 1. The van der Waals surface area contributed by atoms with Crippen LogP contribution in [0.3, 0.4) is 0 Å². The summed E-state index contributed by atoms with van der Waals surface area (Å²) in [4.78, 5) is 25.1. The third kappa shape index (κ3) is 4.00. The minimum Gasteiger partial charge on any atom is -0.481 e. The highest BCUT2D eigenvalue weighted by Crippen LogP contribution is 2.28. The number of carboxylic acid groups (broad SMARTS) is 1. The Morgan fingerprint density at radius 3 is 2.77 bits per heavy atom. The van der Waals surface area contributed by atoms with Crippen LogP contribution in [0.25, 0.3) is 0 Å². The third-order valence-corrected chi connectivity index (χ3v) is 4.43. The molecule has 1 atom stereocenters. The van der Waals surface area contributed by atoms with Crippen molar-refractivity contribution in [3.05, 3.63) is 28.2 Å². The van der Waals surface area contributed by atoms with Gasteiger partial charge in [-0.05, 0) is 42.5 Å². The Kier molecular flexibility index (Phi) is 5.45. The molecular formula is C16H21BrN2O3. The molecule has 2 rings (SSSR count). The highest BCUT2D eigenvalue weighted by atomic mass is 79.9. The minimum absolute atomic E-state index is 0.227. The number of nitrogens with zero attached hydrogens (tertiary/aromatic N) is 1. The molecule has 6 heteroatoms. The highest BCUT2D eigenvalue weighted by molar-refractivity contribution is 9.10. The van der Waals surface area contributed by atoms with Gasteiger partial charge in [-0.25, -0.2) is 4.79 Å². The molecule has 0 aromatic heterocycles. The van der Waals surface area contributed by atoms with Gasteiger partial charge in [0.05, 0.1) is 5.92 Å². The van der Waals surface area contributed by atoms with Crippen LogP contribution >= 0.6 is 15.9 Å². The lowest BCUT2D eigenvalue weighted by atomic mass is 9.98. The van der Waals surface area contributed by atoms with Gasteiger partial charge in [-0.3, -0.25) is 4.79 Å². The number of rotatable bonds is 3. The smallest absolute Gasteiger partial charge is 0.321 e. The standard InChI is InChI=1S/C16H21BrN2O3/c1-10(2)13-8-12(17)5-6-14(13)18-16(22)19-7-3-4-11(9-19)15(20)21/h5-6,8,10-11H,3-4,7,9H2,1-2H3,(H,18,22)(H,20,21). The average molecular weight is 369 g/mol. The van der Waals surface area contributed by atoms with Gasteiger partial charge in [-0.2, -0.15) is 0 Å². The zero-order chi connectivity index (χ0) is 16.3. The number of carbonyl (C=O) groups is 2. The monoisotopic (exact) mass is 368 g/mol. The van der Waals surface area contributed by atoms with Crippen molar-refractivity contribution in [3.63, 3.8) is 0 Å². The van der Waals surface area contributed by atoms with Crippen molar-refractivity contribution >= 4 is 33.6 Å². The number of amides is 2. The number of aliphatic carboxylic acids is 1. The second-order valence-electron chi connectivity index (χ2n) is 5.94. The molecule has 2 amide bonds. The number of hydrogen-bond acceptors (Lipinski definition) is 2. The van der Waals surface area contributed by atoms with E-state index >= 15 is 0 Å². The number of likely N-dealkylation sites (tertiary alicyclic amines) is 1. The van der Waals surface area contributed by atoms with Gasteiger partial charge in [-0.15, -0.1) is 0 Å². The van der Waals surface area contributed by atoms with E-state index in [0.29, 0.717) is 13.0 Å². The first-order valence-corrected chi connectivity index (χ1v) is 8.26. The summed E-state index contributed by atoms with van der Waals surface area (Å²) in [5, 5.41) is 12.0. The maximum absolute atomic E-state index is 12.4. The van der Waals surface area contributed by atoms with Crippen LogP contribution in [0, 0.1) is 5.92 Å². The molecule has 0 saturated carbocycles. The van der Waals surface area contributed by atoms with Crippen LogP contribution < -0.4 is 5.32 Å². The fourth-order valence-corrected chi connectivity index (χ4v) is 3.06. The van der Waals surface area contributed by atoms with Crippen molar-refractivity contribution in [1.82, 2.24) is 4.90 Å². The number of carboxylic acids is 1. The summed E-state index contributed by atoms with van der Waals surface area (Å²) in [6.07, 6.45) is 1.36. The molecule has 1 saturated heterocycles. The number of benzene rings is 1. The van der Waals surface area contributed by atoms with Gasteiger partial charge in [0.15, 0.2) is 0 Å². The van der Waals surface area contributed by atoms with E-state index in [1.165, 1.54) is 0 Å². The van der Waals surface area contributed by atoms with Crippen LogP contribution in [0.1, 0.15) is 38.2 Å². The van der Waals surface area contributed by atoms with E-state index < -0.39 is 11.9 Å². The normalized spacial score (nSPS) is 18.4. The van der Waals surface area contributed by atoms with Gasteiger partial charge in [0.1, 0.15) is 0 Å². The second kappa shape index (κ2) is 7.13. The van der Waals surface area contributed by atoms with E-state index in [4.69, 9.17) is 5.11 Å². The Hall–Kier alpha value is -1.56. The van der Waals surface area contributed by atoms with Crippen LogP contribution in [0.4, 0.5) is 10.5 Å². The third-order valence-electron chi connectivity index (χ3n) is 3.94. The maximum Gasteiger partial charge on any atom is 0.321 e. The maximum atomic E-state index is 12.4. The van der Waals surface area contributed by atoms with Gasteiger partial charge >= 0.3 is 12.0 Å². The molecule has 2 N–H and O–H groups in total. The summed E-state index contributed by atoms with van der Waals surface area (Å²) < 4.78 is 0.970. The molecule has 22 heavy (non-hydrogen) atoms. The summed E-state index contributed by atoms with van der Waals surface area (Å²) in [5.74, 6) is -1.01. The number of carbonyl (C=O) groups excluding carboxylic acids is 1. The summed E-state index contributed by atoms with van der Waals surface area (Å²) in [5.41, 5.74) is 1.83. The molecule has 0 radical (unpaired) electrons. The fourth-order valence-electron chi connectivity index (χ4n) is 2.68. The van der Waals surface area contributed by atoms with Gasteiger partial charge in [0.25, 0.3) is 0 Å². The van der Waals surface area contributed by atoms with E-state index in [1.54, 1.807) is 4.90 Å². The van der Waals surface area contributed by atoms with Crippen LogP contribution in [-0.2, 0) is 4.79 Å². The first-order chi connectivity index (χ1) is 10.4. The van der Waals surface area contributed by atoms with Crippen molar-refractivity contribution in [2.75, 3.05) is 18.4 Å². The van der Waals surface area contributed by atoms with Crippen LogP contribution in [0.5, 0.6) is 0 Å². The Balaban J connectivity index is 2.10. The first-order valence-electron chi connectivity index (χ1n) is 7.46. The minimum atomic E-state index is -0.830. The predicted molar refractivity (Wildman–Crippen MR) is 89.2 cm³/mol. The molecule has 1 aromatic carbocycles. The van der Waals surface area contributed by atoms with E-state index in [9.17, 15) is 9.59 Å². The lowest BCUT2D eigenvalue weighted by molar-refractivity contribution is -0.143. The topological polar surface area (TPSA) is 69.6 Å². The predicted octanol–water partition coefficient (Wildman–Crippen LogP) is 3.90. The quantitative estimate of drug-likeness (QED) is 0.849. The molecular weight excluding hydrogens is 348 g/mol. The molecule has 120 valence electrons. The molecule has 1 heterocycles. The van der Waals surface area contributed by atoms with Gasteiger partial charge < -0.3 is 15.3 Å². The van der Waals surface area contributed by atoms with Crippen molar-refractivity contribution < 1.29 is 14.7 Å². The molecule has 1 aliphatic heterocycles. The molecule has 1 aromatic rings. The van der Waals surface area contributed by atoms with E-state index in [-0.39, 0.29) is 18.5 Å². The van der Waals surface area contributed by atoms with Gasteiger partial charge in [0.2, 0.25) is 0 Å². The van der Waals surface area contributed by atoms with Crippen LogP contribution in [0.15, 0.2) is 22.7 Å².